The number of benzene rings is 2. The molecule has 0 fully saturated rings. The van der Waals surface area contributed by atoms with E-state index >= 15 is 0 Å². The van der Waals surface area contributed by atoms with E-state index in [1.165, 1.54) is 24.3 Å². The molecule has 0 spiro atoms. The van der Waals surface area contributed by atoms with E-state index in [-0.39, 0.29) is 4.47 Å². The Morgan fingerprint density at radius 1 is 1.15 bits per heavy atom. The lowest BCUT2D eigenvalue weighted by molar-refractivity contribution is 0.101. The highest BCUT2D eigenvalue weighted by Gasteiger charge is 2.18. The third kappa shape index (κ3) is 3.00. The van der Waals surface area contributed by atoms with E-state index in [1.54, 1.807) is 0 Å². The van der Waals surface area contributed by atoms with Crippen LogP contribution in [0.2, 0.25) is 0 Å². The number of hydrogen-bond donors (Lipinski definition) is 1. The van der Waals surface area contributed by atoms with Gasteiger partial charge >= 0.3 is 0 Å². The number of carbonyl (C=O) groups excluding carboxylic acids is 1. The standard InChI is InChI=1S/C14H7BrF2N2O/c15-9-5-11(16)13(12(17)6-9)14(20)19-10-3-1-8(7-18)2-4-10/h1-6H,(H,19,20). The fraction of sp³-hybridized carbons (Fsp3) is 0. The van der Waals surface area contributed by atoms with Crippen molar-refractivity contribution in [2.75, 3.05) is 5.32 Å². The van der Waals surface area contributed by atoms with Gasteiger partial charge in [0.2, 0.25) is 0 Å². The molecule has 1 N–H and O–H groups in total. The van der Waals surface area contributed by atoms with Crippen LogP contribution in [0.25, 0.3) is 0 Å². The molecule has 2 aromatic rings. The van der Waals surface area contributed by atoms with Crippen molar-refractivity contribution in [2.45, 2.75) is 0 Å². The zero-order chi connectivity index (χ0) is 14.7. The second-order valence-electron chi connectivity index (χ2n) is 3.89. The Balaban J connectivity index is 2.26. The second kappa shape index (κ2) is 5.80. The summed E-state index contributed by atoms with van der Waals surface area (Å²) in [5, 5.41) is 11.0. The molecule has 0 bridgehead atoms. The molecule has 0 aromatic heterocycles. The number of anilines is 1. The highest BCUT2D eigenvalue weighted by atomic mass is 79.9. The zero-order valence-electron chi connectivity index (χ0n) is 9.95. The van der Waals surface area contributed by atoms with Gasteiger partial charge in [0.05, 0.1) is 11.6 Å². The van der Waals surface area contributed by atoms with Gasteiger partial charge in [-0.3, -0.25) is 4.79 Å². The minimum absolute atomic E-state index is 0.211. The lowest BCUT2D eigenvalue weighted by atomic mass is 10.1. The minimum Gasteiger partial charge on any atom is -0.322 e. The van der Waals surface area contributed by atoms with Crippen molar-refractivity contribution in [1.29, 1.82) is 5.26 Å². The van der Waals surface area contributed by atoms with Crippen LogP contribution in [0, 0.1) is 23.0 Å². The molecule has 2 rings (SSSR count). The van der Waals surface area contributed by atoms with Gasteiger partial charge < -0.3 is 5.32 Å². The van der Waals surface area contributed by atoms with Crippen LogP contribution in [-0.2, 0) is 0 Å². The lowest BCUT2D eigenvalue weighted by Crippen LogP contribution is -2.15. The molecule has 0 aliphatic rings. The predicted octanol–water partition coefficient (Wildman–Crippen LogP) is 3.85. The minimum atomic E-state index is -0.956. The van der Waals surface area contributed by atoms with Gasteiger partial charge in [-0.2, -0.15) is 5.26 Å². The fourth-order valence-electron chi connectivity index (χ4n) is 1.58. The first kappa shape index (κ1) is 14.2. The number of nitrogens with zero attached hydrogens (tertiary/aromatic N) is 1. The van der Waals surface area contributed by atoms with E-state index in [0.717, 1.165) is 12.1 Å². The van der Waals surface area contributed by atoms with E-state index in [2.05, 4.69) is 21.2 Å². The van der Waals surface area contributed by atoms with Crippen LogP contribution in [0.15, 0.2) is 40.9 Å². The molecule has 2 aromatic carbocycles. The van der Waals surface area contributed by atoms with Crippen LogP contribution in [0.5, 0.6) is 0 Å². The van der Waals surface area contributed by atoms with Crippen LogP contribution < -0.4 is 5.32 Å². The Labute approximate surface area is 122 Å². The van der Waals surface area contributed by atoms with Gasteiger partial charge in [0, 0.05) is 10.2 Å². The van der Waals surface area contributed by atoms with E-state index < -0.39 is 23.1 Å². The van der Waals surface area contributed by atoms with Crippen LogP contribution in [0.1, 0.15) is 15.9 Å². The summed E-state index contributed by atoms with van der Waals surface area (Å²) < 4.78 is 27.4. The van der Waals surface area contributed by atoms with Crippen LogP contribution in [-0.4, -0.2) is 5.91 Å². The number of carbonyl (C=O) groups is 1. The average Bonchev–Trinajstić information content (AvgIpc) is 2.38. The predicted molar refractivity (Wildman–Crippen MR) is 73.2 cm³/mol. The van der Waals surface area contributed by atoms with Gasteiger partial charge in [0.1, 0.15) is 17.2 Å². The molecule has 1 amide bonds. The molecule has 0 saturated carbocycles. The van der Waals surface area contributed by atoms with Crippen molar-refractivity contribution in [3.8, 4) is 6.07 Å². The maximum Gasteiger partial charge on any atom is 0.261 e. The molecule has 3 nitrogen and oxygen atoms in total. The highest BCUT2D eigenvalue weighted by molar-refractivity contribution is 9.10. The van der Waals surface area contributed by atoms with Gasteiger partial charge in [0.25, 0.3) is 5.91 Å². The zero-order valence-corrected chi connectivity index (χ0v) is 11.5. The molecule has 0 aliphatic carbocycles. The lowest BCUT2D eigenvalue weighted by Gasteiger charge is -2.07. The molecule has 0 aliphatic heterocycles. The van der Waals surface area contributed by atoms with Crippen molar-refractivity contribution in [2.24, 2.45) is 0 Å². The summed E-state index contributed by atoms with van der Waals surface area (Å²) in [6.45, 7) is 0. The Hall–Kier alpha value is -2.26. The molecule has 100 valence electrons. The topological polar surface area (TPSA) is 52.9 Å². The van der Waals surface area contributed by atoms with Crippen LogP contribution >= 0.6 is 15.9 Å². The largest absolute Gasteiger partial charge is 0.322 e. The Bertz CT molecular complexity index is 685. The Morgan fingerprint density at radius 3 is 2.20 bits per heavy atom. The maximum absolute atomic E-state index is 13.6. The fourth-order valence-corrected chi connectivity index (χ4v) is 1.98. The SMILES string of the molecule is N#Cc1ccc(NC(=O)c2c(F)cc(Br)cc2F)cc1. The molecule has 0 unspecified atom stereocenters. The van der Waals surface area contributed by atoms with Crippen molar-refractivity contribution in [1.82, 2.24) is 0 Å². The molecular formula is C14H7BrF2N2O. The summed E-state index contributed by atoms with van der Waals surface area (Å²) in [6.07, 6.45) is 0. The Morgan fingerprint density at radius 2 is 1.70 bits per heavy atom. The van der Waals surface area contributed by atoms with Crippen molar-refractivity contribution < 1.29 is 13.6 Å². The smallest absolute Gasteiger partial charge is 0.261 e. The molecule has 0 heterocycles. The van der Waals surface area contributed by atoms with E-state index in [4.69, 9.17) is 5.26 Å². The van der Waals surface area contributed by atoms with Gasteiger partial charge in [0.15, 0.2) is 0 Å². The van der Waals surface area contributed by atoms with Gasteiger partial charge in [-0.15, -0.1) is 0 Å². The quantitative estimate of drug-likeness (QED) is 0.905. The van der Waals surface area contributed by atoms with Crippen molar-refractivity contribution in [3.05, 3.63) is 63.6 Å². The molecular weight excluding hydrogens is 330 g/mol. The normalized spacial score (nSPS) is 9.90. The summed E-state index contributed by atoms with van der Waals surface area (Å²) in [6, 6.07) is 9.88. The maximum atomic E-state index is 13.6. The monoisotopic (exact) mass is 336 g/mol. The number of rotatable bonds is 2. The molecule has 0 atom stereocenters. The van der Waals surface area contributed by atoms with Crippen molar-refractivity contribution in [3.63, 3.8) is 0 Å². The van der Waals surface area contributed by atoms with Crippen LogP contribution in [0.4, 0.5) is 14.5 Å². The number of nitriles is 1. The summed E-state index contributed by atoms with van der Waals surface area (Å²) in [5.74, 6) is -2.80. The van der Waals surface area contributed by atoms with Crippen LogP contribution in [0.3, 0.4) is 0 Å². The summed E-state index contributed by atoms with van der Waals surface area (Å²) >= 11 is 2.94. The third-order valence-corrected chi connectivity index (χ3v) is 2.96. The molecule has 20 heavy (non-hydrogen) atoms. The summed E-state index contributed by atoms with van der Waals surface area (Å²) in [7, 11) is 0. The molecule has 0 radical (unpaired) electrons. The number of halogens is 3. The van der Waals surface area contributed by atoms with E-state index in [0.29, 0.717) is 11.3 Å². The second-order valence-corrected chi connectivity index (χ2v) is 4.80. The van der Waals surface area contributed by atoms with E-state index in [1.807, 2.05) is 6.07 Å². The van der Waals surface area contributed by atoms with Gasteiger partial charge in [-0.1, -0.05) is 15.9 Å². The number of amides is 1. The van der Waals surface area contributed by atoms with Crippen molar-refractivity contribution >= 4 is 27.5 Å². The first-order valence-corrected chi connectivity index (χ1v) is 6.26. The summed E-state index contributed by atoms with van der Waals surface area (Å²) in [5.41, 5.74) is 0.109. The van der Waals surface area contributed by atoms with Gasteiger partial charge in [-0.25, -0.2) is 8.78 Å². The highest BCUT2D eigenvalue weighted by Crippen LogP contribution is 2.20. The first-order chi connectivity index (χ1) is 9.51. The average molecular weight is 337 g/mol. The Kier molecular flexibility index (Phi) is 4.11. The van der Waals surface area contributed by atoms with Gasteiger partial charge in [-0.05, 0) is 36.4 Å². The summed E-state index contributed by atoms with van der Waals surface area (Å²) in [4.78, 5) is 11.9. The van der Waals surface area contributed by atoms with E-state index in [9.17, 15) is 13.6 Å². The number of hydrogen-bond acceptors (Lipinski definition) is 2. The first-order valence-electron chi connectivity index (χ1n) is 5.47. The molecule has 0 saturated heterocycles. The number of nitrogens with one attached hydrogen (secondary N) is 1. The third-order valence-electron chi connectivity index (χ3n) is 2.51. The molecule has 6 heteroatoms.